The van der Waals surface area contributed by atoms with Gasteiger partial charge in [-0.25, -0.2) is 0 Å². The molecule has 5 nitrogen and oxygen atoms in total. The van der Waals surface area contributed by atoms with Gasteiger partial charge in [0.25, 0.3) is 5.91 Å². The molecule has 0 radical (unpaired) electrons. The Hall–Kier alpha value is -1.17. The van der Waals surface area contributed by atoms with E-state index in [-0.39, 0.29) is 5.91 Å². The first-order valence-corrected chi connectivity index (χ1v) is 8.46. The monoisotopic (exact) mass is 296 g/mol. The normalized spacial score (nSPS) is 16.1. The first-order chi connectivity index (χ1) is 9.76. The third-order valence-electron chi connectivity index (χ3n) is 3.75. The first kappa shape index (κ1) is 15.2. The first-order valence-electron chi connectivity index (χ1n) is 7.64. The standard InChI is InChI=1S/C14H24N4OS/c1-3-10-15-14-17-16-12(20-14)13(19)18(4-2)11-8-6-5-7-9-11/h11H,3-10H2,1-2H3,(H,15,17). The number of hydrogen-bond acceptors (Lipinski definition) is 5. The van der Waals surface area contributed by atoms with Crippen molar-refractivity contribution >= 4 is 22.4 Å². The van der Waals surface area contributed by atoms with Crippen LogP contribution in [0, 0.1) is 0 Å². The van der Waals surface area contributed by atoms with Gasteiger partial charge in [-0.3, -0.25) is 4.79 Å². The van der Waals surface area contributed by atoms with Gasteiger partial charge >= 0.3 is 0 Å². The van der Waals surface area contributed by atoms with E-state index in [1.165, 1.54) is 30.6 Å². The van der Waals surface area contributed by atoms with Gasteiger partial charge in [0.05, 0.1) is 0 Å². The molecule has 0 spiro atoms. The van der Waals surface area contributed by atoms with E-state index in [0.29, 0.717) is 11.0 Å². The minimum atomic E-state index is 0.0430. The molecule has 20 heavy (non-hydrogen) atoms. The van der Waals surface area contributed by atoms with Crippen molar-refractivity contribution in [3.63, 3.8) is 0 Å². The zero-order chi connectivity index (χ0) is 14.4. The van der Waals surface area contributed by atoms with Crippen molar-refractivity contribution in [2.24, 2.45) is 0 Å². The van der Waals surface area contributed by atoms with Crippen LogP contribution in [0.2, 0.25) is 0 Å². The van der Waals surface area contributed by atoms with Gasteiger partial charge in [0.2, 0.25) is 10.1 Å². The summed E-state index contributed by atoms with van der Waals surface area (Å²) in [7, 11) is 0. The Morgan fingerprint density at radius 2 is 2.05 bits per heavy atom. The van der Waals surface area contributed by atoms with E-state index in [2.05, 4.69) is 22.4 Å². The van der Waals surface area contributed by atoms with Crippen molar-refractivity contribution in [1.29, 1.82) is 0 Å². The molecule has 0 unspecified atom stereocenters. The molecule has 1 aromatic heterocycles. The average molecular weight is 296 g/mol. The lowest BCUT2D eigenvalue weighted by atomic mass is 9.94. The molecule has 0 bridgehead atoms. The molecule has 112 valence electrons. The molecule has 1 aliphatic carbocycles. The van der Waals surface area contributed by atoms with Gasteiger partial charge < -0.3 is 10.2 Å². The van der Waals surface area contributed by atoms with Gasteiger partial charge in [-0.2, -0.15) is 0 Å². The van der Waals surface area contributed by atoms with E-state index < -0.39 is 0 Å². The topological polar surface area (TPSA) is 58.1 Å². The minimum absolute atomic E-state index is 0.0430. The second-order valence-electron chi connectivity index (χ2n) is 5.22. The molecule has 1 heterocycles. The summed E-state index contributed by atoms with van der Waals surface area (Å²) in [4.78, 5) is 14.5. The molecule has 1 fully saturated rings. The molecule has 2 rings (SSSR count). The van der Waals surface area contributed by atoms with Crippen molar-refractivity contribution in [1.82, 2.24) is 15.1 Å². The van der Waals surface area contributed by atoms with Crippen molar-refractivity contribution in [3.8, 4) is 0 Å². The number of rotatable bonds is 6. The number of carbonyl (C=O) groups is 1. The number of nitrogens with one attached hydrogen (secondary N) is 1. The molecule has 0 saturated heterocycles. The molecule has 1 N–H and O–H groups in total. The summed E-state index contributed by atoms with van der Waals surface area (Å²) in [6.45, 7) is 5.76. The summed E-state index contributed by atoms with van der Waals surface area (Å²) in [5.41, 5.74) is 0. The Bertz CT molecular complexity index is 429. The fourth-order valence-electron chi connectivity index (χ4n) is 2.70. The SMILES string of the molecule is CCCNc1nnc(C(=O)N(CC)C2CCCCC2)s1. The number of anilines is 1. The average Bonchev–Trinajstić information content (AvgIpc) is 2.96. The summed E-state index contributed by atoms with van der Waals surface area (Å²) in [5, 5.41) is 12.5. The number of carbonyl (C=O) groups excluding carboxylic acids is 1. The van der Waals surface area contributed by atoms with Crippen LogP contribution in [0.3, 0.4) is 0 Å². The second-order valence-corrected chi connectivity index (χ2v) is 6.20. The lowest BCUT2D eigenvalue weighted by Crippen LogP contribution is -2.41. The summed E-state index contributed by atoms with van der Waals surface area (Å²) < 4.78 is 0. The third kappa shape index (κ3) is 3.69. The predicted octanol–water partition coefficient (Wildman–Crippen LogP) is 3.15. The Balaban J connectivity index is 2.01. The Kier molecular flexibility index (Phi) is 5.76. The third-order valence-corrected chi connectivity index (χ3v) is 4.62. The molecule has 0 aromatic carbocycles. The van der Waals surface area contributed by atoms with Crippen LogP contribution in [0.4, 0.5) is 5.13 Å². The lowest BCUT2D eigenvalue weighted by Gasteiger charge is -2.32. The number of aromatic nitrogens is 2. The van der Waals surface area contributed by atoms with Crippen molar-refractivity contribution in [2.75, 3.05) is 18.4 Å². The number of amides is 1. The van der Waals surface area contributed by atoms with E-state index in [9.17, 15) is 4.79 Å². The highest BCUT2D eigenvalue weighted by Crippen LogP contribution is 2.25. The van der Waals surface area contributed by atoms with Crippen LogP contribution in [-0.2, 0) is 0 Å². The summed E-state index contributed by atoms with van der Waals surface area (Å²) in [6, 6.07) is 0.386. The predicted molar refractivity (Wildman–Crippen MR) is 82.3 cm³/mol. The van der Waals surface area contributed by atoms with E-state index in [1.807, 2.05) is 11.8 Å². The molecule has 6 heteroatoms. The fourth-order valence-corrected chi connectivity index (χ4v) is 3.42. The largest absolute Gasteiger partial charge is 0.360 e. The van der Waals surface area contributed by atoms with Crippen molar-refractivity contribution in [3.05, 3.63) is 5.01 Å². The zero-order valence-electron chi connectivity index (χ0n) is 12.4. The van der Waals surface area contributed by atoms with E-state index in [4.69, 9.17) is 0 Å². The van der Waals surface area contributed by atoms with Crippen LogP contribution in [-0.4, -0.2) is 40.1 Å². The molecule has 1 aromatic rings. The Morgan fingerprint density at radius 1 is 1.30 bits per heavy atom. The fraction of sp³-hybridized carbons (Fsp3) is 0.786. The Labute approximate surface area is 124 Å². The maximum Gasteiger partial charge on any atom is 0.285 e. The molecule has 1 amide bonds. The summed E-state index contributed by atoms with van der Waals surface area (Å²) in [6.07, 6.45) is 7.04. The van der Waals surface area contributed by atoms with E-state index in [0.717, 1.165) is 37.5 Å². The maximum atomic E-state index is 12.6. The van der Waals surface area contributed by atoms with E-state index in [1.54, 1.807) is 0 Å². The highest BCUT2D eigenvalue weighted by molar-refractivity contribution is 7.17. The van der Waals surface area contributed by atoms with Crippen LogP contribution < -0.4 is 5.32 Å². The van der Waals surface area contributed by atoms with Crippen LogP contribution in [0.25, 0.3) is 0 Å². The zero-order valence-corrected chi connectivity index (χ0v) is 13.2. The Morgan fingerprint density at radius 3 is 2.70 bits per heavy atom. The summed E-state index contributed by atoms with van der Waals surface area (Å²) >= 11 is 1.36. The highest BCUT2D eigenvalue weighted by Gasteiger charge is 2.27. The molecule has 0 aliphatic heterocycles. The molecule has 0 atom stereocenters. The van der Waals surface area contributed by atoms with E-state index >= 15 is 0 Å². The maximum absolute atomic E-state index is 12.6. The van der Waals surface area contributed by atoms with Gasteiger partial charge in [-0.1, -0.05) is 37.5 Å². The second kappa shape index (κ2) is 7.57. The molecular weight excluding hydrogens is 272 g/mol. The van der Waals surface area contributed by atoms with Gasteiger partial charge in [0, 0.05) is 19.1 Å². The highest BCUT2D eigenvalue weighted by atomic mass is 32.1. The van der Waals surface area contributed by atoms with Crippen LogP contribution in [0.5, 0.6) is 0 Å². The van der Waals surface area contributed by atoms with Crippen LogP contribution in [0.15, 0.2) is 0 Å². The van der Waals surface area contributed by atoms with Gasteiger partial charge in [-0.15, -0.1) is 10.2 Å². The van der Waals surface area contributed by atoms with Crippen molar-refractivity contribution < 1.29 is 4.79 Å². The summed E-state index contributed by atoms with van der Waals surface area (Å²) in [5.74, 6) is 0.0430. The number of nitrogens with zero attached hydrogens (tertiary/aromatic N) is 3. The lowest BCUT2D eigenvalue weighted by molar-refractivity contribution is 0.0646. The van der Waals surface area contributed by atoms with Gasteiger partial charge in [0.15, 0.2) is 0 Å². The number of hydrogen-bond donors (Lipinski definition) is 1. The van der Waals surface area contributed by atoms with Gasteiger partial charge in [0.1, 0.15) is 0 Å². The quantitative estimate of drug-likeness (QED) is 0.876. The minimum Gasteiger partial charge on any atom is -0.360 e. The molecular formula is C14H24N4OS. The smallest absolute Gasteiger partial charge is 0.285 e. The van der Waals surface area contributed by atoms with Crippen LogP contribution in [0.1, 0.15) is 62.2 Å². The van der Waals surface area contributed by atoms with Gasteiger partial charge in [-0.05, 0) is 26.2 Å². The molecule has 1 aliphatic rings. The van der Waals surface area contributed by atoms with Crippen molar-refractivity contribution in [2.45, 2.75) is 58.4 Å². The van der Waals surface area contributed by atoms with Crippen LogP contribution >= 0.6 is 11.3 Å². The molecule has 1 saturated carbocycles.